The highest BCUT2D eigenvalue weighted by atomic mass is 31.2. The lowest BCUT2D eigenvalue weighted by Crippen LogP contribution is -2.24. The Kier molecular flexibility index (Phi) is 8.53. The minimum atomic E-state index is -3.02. The molecular formula is C25H41N2O5P. The smallest absolute Gasteiger partial charge is 0.394 e. The highest BCUT2D eigenvalue weighted by molar-refractivity contribution is 7.54. The van der Waals surface area contributed by atoms with E-state index in [1.54, 1.807) is 37.5 Å². The average molecular weight is 481 g/mol. The van der Waals surface area contributed by atoms with Crippen molar-refractivity contribution in [1.29, 1.82) is 0 Å². The molecule has 4 rings (SSSR count). The Morgan fingerprint density at radius 3 is 2.27 bits per heavy atom. The molecule has 3 heterocycles. The van der Waals surface area contributed by atoms with Gasteiger partial charge in [0, 0.05) is 12.8 Å². The van der Waals surface area contributed by atoms with E-state index in [9.17, 15) is 4.57 Å². The molecule has 5 unspecified atom stereocenters. The van der Waals surface area contributed by atoms with Crippen molar-refractivity contribution < 1.29 is 23.3 Å². The molecule has 3 aliphatic heterocycles. The van der Waals surface area contributed by atoms with E-state index in [4.69, 9.17) is 18.7 Å². The van der Waals surface area contributed by atoms with Gasteiger partial charge in [-0.25, -0.2) is 13.9 Å². The summed E-state index contributed by atoms with van der Waals surface area (Å²) in [5.74, 6) is 0.668. The number of epoxide rings is 3. The van der Waals surface area contributed by atoms with Crippen LogP contribution in [0.15, 0.2) is 24.3 Å². The van der Waals surface area contributed by atoms with Crippen molar-refractivity contribution in [3.05, 3.63) is 29.8 Å². The number of hydrogen-bond acceptors (Lipinski definition) is 5. The first-order valence-electron chi connectivity index (χ1n) is 12.5. The summed E-state index contributed by atoms with van der Waals surface area (Å²) in [5, 5.41) is 0. The summed E-state index contributed by atoms with van der Waals surface area (Å²) in [6.07, 6.45) is 12.8. The monoisotopic (exact) mass is 480 g/mol. The minimum Gasteiger partial charge on any atom is -0.422 e. The Bertz CT molecular complexity index is 804. The highest BCUT2D eigenvalue weighted by Crippen LogP contribution is 2.50. The molecular weight excluding hydrogens is 439 g/mol. The van der Waals surface area contributed by atoms with Crippen LogP contribution in [0.3, 0.4) is 0 Å². The summed E-state index contributed by atoms with van der Waals surface area (Å²) < 4.78 is 39.1. The maximum Gasteiger partial charge on any atom is 0.394 e. The van der Waals surface area contributed by atoms with Gasteiger partial charge in [0.15, 0.2) is 0 Å². The Labute approximate surface area is 199 Å². The number of aryl methyl sites for hydroxylation is 1. The summed E-state index contributed by atoms with van der Waals surface area (Å²) >= 11 is 0. The summed E-state index contributed by atoms with van der Waals surface area (Å²) in [5.41, 5.74) is 1.24. The second kappa shape index (κ2) is 11.2. The van der Waals surface area contributed by atoms with Crippen molar-refractivity contribution in [1.82, 2.24) is 9.34 Å². The quantitative estimate of drug-likeness (QED) is 0.189. The molecule has 0 aromatic heterocycles. The molecule has 5 atom stereocenters. The first kappa shape index (κ1) is 25.2. The number of unbranched alkanes of at least 4 members (excludes halogenated alkanes) is 4. The van der Waals surface area contributed by atoms with E-state index in [2.05, 4.69) is 6.07 Å². The number of hydrogen-bond donors (Lipinski definition) is 0. The fourth-order valence-corrected chi connectivity index (χ4v) is 5.98. The van der Waals surface area contributed by atoms with Crippen molar-refractivity contribution in [2.24, 2.45) is 0 Å². The predicted octanol–water partition coefficient (Wildman–Crippen LogP) is 4.89. The highest BCUT2D eigenvalue weighted by Gasteiger charge is 2.49. The van der Waals surface area contributed by atoms with Gasteiger partial charge in [0.1, 0.15) is 5.75 Å². The fraction of sp³-hybridized carbons (Fsp3) is 0.760. The Balaban J connectivity index is 1.04. The standard InChI is InChI=1S/C25H41N2O5P/c1-26(2)33(28,27(3)4)32-20-13-10-12-19(15-20)11-8-6-5-7-9-14-22-24(30-22)17-25-23(31-25)16-21-18-29-21/h10,12-13,15,21-25H,5-9,11,14,16-18H2,1-4H3. The van der Waals surface area contributed by atoms with Crippen LogP contribution in [0.4, 0.5) is 0 Å². The first-order valence-corrected chi connectivity index (χ1v) is 14.0. The van der Waals surface area contributed by atoms with Crippen LogP contribution < -0.4 is 4.52 Å². The first-order chi connectivity index (χ1) is 15.8. The van der Waals surface area contributed by atoms with E-state index in [0.717, 1.165) is 32.3 Å². The molecule has 3 aliphatic rings. The maximum atomic E-state index is 13.0. The summed E-state index contributed by atoms with van der Waals surface area (Å²) in [6.45, 7) is 0.923. The van der Waals surface area contributed by atoms with Crippen molar-refractivity contribution >= 4 is 7.67 Å². The third-order valence-electron chi connectivity index (χ3n) is 6.83. The number of ether oxygens (including phenoxy) is 3. The van der Waals surface area contributed by atoms with Crippen LogP contribution in [0.5, 0.6) is 5.75 Å². The largest absolute Gasteiger partial charge is 0.422 e. The molecule has 7 nitrogen and oxygen atoms in total. The lowest BCUT2D eigenvalue weighted by molar-refractivity contribution is 0.311. The van der Waals surface area contributed by atoms with Crippen molar-refractivity contribution in [3.63, 3.8) is 0 Å². The topological polar surface area (TPSA) is 70.4 Å². The van der Waals surface area contributed by atoms with Gasteiger partial charge in [-0.05, 0) is 65.1 Å². The number of benzene rings is 1. The molecule has 0 saturated carbocycles. The molecule has 186 valence electrons. The zero-order valence-corrected chi connectivity index (χ0v) is 21.5. The normalized spacial score (nSPS) is 28.4. The molecule has 0 bridgehead atoms. The van der Waals surface area contributed by atoms with Crippen LogP contribution in [-0.4, -0.2) is 74.7 Å². The summed E-state index contributed by atoms with van der Waals surface area (Å²) in [7, 11) is 4.10. The molecule has 8 heteroatoms. The Morgan fingerprint density at radius 1 is 0.909 bits per heavy atom. The summed E-state index contributed by atoms with van der Waals surface area (Å²) in [6, 6.07) is 8.02. The van der Waals surface area contributed by atoms with Crippen molar-refractivity contribution in [2.45, 2.75) is 88.3 Å². The van der Waals surface area contributed by atoms with Gasteiger partial charge in [0.2, 0.25) is 0 Å². The lowest BCUT2D eigenvalue weighted by Gasteiger charge is -2.29. The van der Waals surface area contributed by atoms with Gasteiger partial charge in [-0.1, -0.05) is 37.8 Å². The molecule has 0 aliphatic carbocycles. The van der Waals surface area contributed by atoms with Gasteiger partial charge in [0.25, 0.3) is 0 Å². The maximum absolute atomic E-state index is 13.0. The van der Waals surface area contributed by atoms with E-state index in [-0.39, 0.29) is 0 Å². The second-order valence-electron chi connectivity index (χ2n) is 10.1. The second-order valence-corrected chi connectivity index (χ2v) is 12.8. The van der Waals surface area contributed by atoms with Crippen molar-refractivity contribution in [2.75, 3.05) is 34.8 Å². The summed E-state index contributed by atoms with van der Waals surface area (Å²) in [4.78, 5) is 0. The van der Waals surface area contributed by atoms with E-state index < -0.39 is 7.67 Å². The average Bonchev–Trinajstić information content (AvgIpc) is 3.66. The Hall–Kier alpha value is -0.950. The predicted molar refractivity (Wildman–Crippen MR) is 130 cm³/mol. The van der Waals surface area contributed by atoms with Gasteiger partial charge in [-0.3, -0.25) is 0 Å². The van der Waals surface area contributed by atoms with Gasteiger partial charge < -0.3 is 18.7 Å². The number of rotatable bonds is 16. The molecule has 1 aromatic rings. The molecule has 33 heavy (non-hydrogen) atoms. The van der Waals surface area contributed by atoms with Crippen LogP contribution in [0.1, 0.15) is 56.9 Å². The molecule has 0 amide bonds. The third kappa shape index (κ3) is 7.51. The fourth-order valence-electron chi connectivity index (χ4n) is 4.55. The van der Waals surface area contributed by atoms with Gasteiger partial charge >= 0.3 is 7.67 Å². The Morgan fingerprint density at radius 2 is 1.55 bits per heavy atom. The van der Waals surface area contributed by atoms with Gasteiger partial charge in [-0.2, -0.15) is 0 Å². The molecule has 0 N–H and O–H groups in total. The van der Waals surface area contributed by atoms with E-state index >= 15 is 0 Å². The molecule has 3 saturated heterocycles. The van der Waals surface area contributed by atoms with Crippen LogP contribution >= 0.6 is 7.67 Å². The van der Waals surface area contributed by atoms with E-state index in [1.165, 1.54) is 37.7 Å². The van der Waals surface area contributed by atoms with Crippen LogP contribution in [0.2, 0.25) is 0 Å². The number of nitrogens with zero attached hydrogens (tertiary/aromatic N) is 2. The van der Waals surface area contributed by atoms with E-state index in [1.807, 2.05) is 18.2 Å². The minimum absolute atomic E-state index is 0.422. The molecule has 3 fully saturated rings. The third-order valence-corrected chi connectivity index (χ3v) is 9.30. The molecule has 1 aromatic carbocycles. The molecule has 0 radical (unpaired) electrons. The zero-order chi connectivity index (χ0) is 23.4. The van der Waals surface area contributed by atoms with E-state index in [0.29, 0.717) is 36.3 Å². The van der Waals surface area contributed by atoms with Crippen LogP contribution in [-0.2, 0) is 25.2 Å². The van der Waals surface area contributed by atoms with Gasteiger partial charge in [0.05, 0.1) is 37.1 Å². The lowest BCUT2D eigenvalue weighted by atomic mass is 10.0. The SMILES string of the molecule is CN(C)P(=O)(Oc1cccc(CCCCCCCC2OC2CC2OC2CC2CO2)c1)N(C)C. The van der Waals surface area contributed by atoms with Gasteiger partial charge in [-0.15, -0.1) is 0 Å². The zero-order valence-electron chi connectivity index (χ0n) is 20.7. The van der Waals surface area contributed by atoms with Crippen LogP contribution in [0, 0.1) is 0 Å². The van der Waals surface area contributed by atoms with Crippen molar-refractivity contribution in [3.8, 4) is 5.75 Å². The molecule has 0 spiro atoms. The van der Waals surface area contributed by atoms with Crippen LogP contribution in [0.25, 0.3) is 0 Å².